The van der Waals surface area contributed by atoms with Crippen molar-refractivity contribution in [2.75, 3.05) is 0 Å². The molecule has 0 bridgehead atoms. The summed E-state index contributed by atoms with van der Waals surface area (Å²) in [5, 5.41) is 0. The van der Waals surface area contributed by atoms with Crippen LogP contribution in [0.2, 0.25) is 0 Å². The summed E-state index contributed by atoms with van der Waals surface area (Å²) in [6, 6.07) is 8.95. The highest BCUT2D eigenvalue weighted by Gasteiger charge is 2.44. The van der Waals surface area contributed by atoms with Crippen molar-refractivity contribution in [2.24, 2.45) is 11.3 Å². The molecule has 4 rings (SSSR count). The van der Waals surface area contributed by atoms with Crippen molar-refractivity contribution < 1.29 is 0 Å². The lowest BCUT2D eigenvalue weighted by molar-refractivity contribution is 0.339. The molecule has 0 amide bonds. The summed E-state index contributed by atoms with van der Waals surface area (Å²) in [6.07, 6.45) is 13.1. The first-order valence-electron chi connectivity index (χ1n) is 8.14. The van der Waals surface area contributed by atoms with Crippen LogP contribution in [0.1, 0.15) is 38.7 Å². The van der Waals surface area contributed by atoms with E-state index in [-0.39, 0.29) is 5.41 Å². The molecule has 3 aliphatic carbocycles. The van der Waals surface area contributed by atoms with Gasteiger partial charge in [-0.05, 0) is 93.2 Å². The van der Waals surface area contributed by atoms with Crippen LogP contribution in [0.25, 0.3) is 5.57 Å². The minimum absolute atomic E-state index is 0.265. The first-order valence-corrected chi connectivity index (χ1v) is 9.22. The van der Waals surface area contributed by atoms with Gasteiger partial charge in [-0.2, -0.15) is 0 Å². The lowest BCUT2D eigenvalue weighted by Gasteiger charge is -2.33. The van der Waals surface area contributed by atoms with Crippen LogP contribution >= 0.6 is 22.6 Å². The van der Waals surface area contributed by atoms with Crippen LogP contribution in [0.15, 0.2) is 65.3 Å². The van der Waals surface area contributed by atoms with Crippen LogP contribution in [-0.2, 0) is 0 Å². The third-order valence-electron chi connectivity index (χ3n) is 5.56. The van der Waals surface area contributed by atoms with Crippen LogP contribution in [-0.4, -0.2) is 0 Å². The second-order valence-corrected chi connectivity index (χ2v) is 8.38. The van der Waals surface area contributed by atoms with Crippen LogP contribution in [0.5, 0.6) is 0 Å². The van der Waals surface area contributed by atoms with Gasteiger partial charge in [-0.3, -0.25) is 0 Å². The Morgan fingerprint density at radius 1 is 1.09 bits per heavy atom. The highest BCUT2D eigenvalue weighted by Crippen LogP contribution is 2.57. The van der Waals surface area contributed by atoms with Gasteiger partial charge in [0.15, 0.2) is 0 Å². The van der Waals surface area contributed by atoms with Gasteiger partial charge in [-0.25, -0.2) is 0 Å². The van der Waals surface area contributed by atoms with Gasteiger partial charge in [-0.1, -0.05) is 50.3 Å². The Hall–Kier alpha value is -1.09. The molecular formula is C21H21I. The normalized spacial score (nSPS) is 25.5. The van der Waals surface area contributed by atoms with E-state index in [1.807, 2.05) is 0 Å². The summed E-state index contributed by atoms with van der Waals surface area (Å²) in [6.45, 7) is 4.86. The Bertz CT molecular complexity index is 739. The molecule has 0 N–H and O–H groups in total. The fourth-order valence-corrected chi connectivity index (χ4v) is 4.65. The van der Waals surface area contributed by atoms with E-state index in [1.54, 1.807) is 16.7 Å². The maximum absolute atomic E-state index is 2.43. The highest BCUT2D eigenvalue weighted by atomic mass is 127. The Morgan fingerprint density at radius 3 is 2.64 bits per heavy atom. The molecule has 0 saturated heterocycles. The molecule has 0 fully saturated rings. The maximum atomic E-state index is 2.43. The molecule has 0 radical (unpaired) electrons. The van der Waals surface area contributed by atoms with Crippen molar-refractivity contribution in [3.05, 3.63) is 74.4 Å². The summed E-state index contributed by atoms with van der Waals surface area (Å²) in [5.41, 5.74) is 7.97. The predicted octanol–water partition coefficient (Wildman–Crippen LogP) is 6.31. The summed E-state index contributed by atoms with van der Waals surface area (Å²) >= 11 is 2.37. The number of allylic oxidation sites excluding steroid dienone is 8. The lowest BCUT2D eigenvalue weighted by Crippen LogP contribution is -2.23. The molecule has 0 nitrogen and oxygen atoms in total. The minimum atomic E-state index is 0.265. The van der Waals surface area contributed by atoms with Crippen LogP contribution in [0.3, 0.4) is 0 Å². The van der Waals surface area contributed by atoms with Gasteiger partial charge >= 0.3 is 0 Å². The van der Waals surface area contributed by atoms with Crippen molar-refractivity contribution >= 4 is 28.2 Å². The molecule has 0 saturated carbocycles. The molecule has 1 aromatic carbocycles. The smallest absolute Gasteiger partial charge is 0.0130 e. The SMILES string of the molecule is CC1(C)C2=C(CCC=C2)C2=CC=C(c3ccc(I)cc3)CC21. The monoisotopic (exact) mass is 400 g/mol. The van der Waals surface area contributed by atoms with E-state index in [1.165, 1.54) is 34.0 Å². The molecule has 1 aromatic rings. The van der Waals surface area contributed by atoms with E-state index in [2.05, 4.69) is 85.0 Å². The first-order chi connectivity index (χ1) is 10.6. The maximum Gasteiger partial charge on any atom is 0.0130 e. The van der Waals surface area contributed by atoms with Gasteiger partial charge < -0.3 is 0 Å². The fourth-order valence-electron chi connectivity index (χ4n) is 4.29. The van der Waals surface area contributed by atoms with Gasteiger partial charge in [0, 0.05) is 3.57 Å². The number of halogens is 1. The van der Waals surface area contributed by atoms with Gasteiger partial charge in [-0.15, -0.1) is 0 Å². The molecule has 1 heteroatoms. The number of hydrogen-bond donors (Lipinski definition) is 0. The molecule has 1 unspecified atom stereocenters. The average Bonchev–Trinajstić information content (AvgIpc) is 2.77. The largest absolute Gasteiger partial charge is 0.0839 e. The Balaban J connectivity index is 1.75. The van der Waals surface area contributed by atoms with Crippen molar-refractivity contribution in [3.63, 3.8) is 0 Å². The summed E-state index contributed by atoms with van der Waals surface area (Å²) in [7, 11) is 0. The minimum Gasteiger partial charge on any atom is -0.0839 e. The van der Waals surface area contributed by atoms with Gasteiger partial charge in [0.2, 0.25) is 0 Å². The van der Waals surface area contributed by atoms with E-state index in [4.69, 9.17) is 0 Å². The zero-order valence-corrected chi connectivity index (χ0v) is 15.4. The second kappa shape index (κ2) is 5.23. The molecule has 0 aliphatic heterocycles. The standard InChI is InChI=1S/C21H21I/c1-21(2)19-6-4-3-5-17(19)18-12-9-15(13-20(18)21)14-7-10-16(22)11-8-14/h4,6-12,20H,3,5,13H2,1-2H3. The number of rotatable bonds is 1. The van der Waals surface area contributed by atoms with Crippen LogP contribution in [0, 0.1) is 14.9 Å². The summed E-state index contributed by atoms with van der Waals surface area (Å²) < 4.78 is 1.30. The number of hydrogen-bond acceptors (Lipinski definition) is 0. The zero-order chi connectivity index (χ0) is 15.3. The van der Waals surface area contributed by atoms with Crippen LogP contribution in [0.4, 0.5) is 0 Å². The molecule has 3 aliphatic rings. The Morgan fingerprint density at radius 2 is 1.86 bits per heavy atom. The van der Waals surface area contributed by atoms with Gasteiger partial charge in [0.1, 0.15) is 0 Å². The van der Waals surface area contributed by atoms with E-state index < -0.39 is 0 Å². The molecule has 1 atom stereocenters. The van der Waals surface area contributed by atoms with Crippen molar-refractivity contribution in [1.29, 1.82) is 0 Å². The van der Waals surface area contributed by atoms with Crippen molar-refractivity contribution in [1.82, 2.24) is 0 Å². The van der Waals surface area contributed by atoms with Crippen molar-refractivity contribution in [3.8, 4) is 0 Å². The zero-order valence-electron chi connectivity index (χ0n) is 13.2. The van der Waals surface area contributed by atoms with Crippen molar-refractivity contribution in [2.45, 2.75) is 33.1 Å². The molecule has 112 valence electrons. The van der Waals surface area contributed by atoms with E-state index in [0.717, 1.165) is 0 Å². The molecule has 0 spiro atoms. The number of benzene rings is 1. The molecule has 22 heavy (non-hydrogen) atoms. The highest BCUT2D eigenvalue weighted by molar-refractivity contribution is 14.1. The fraction of sp³-hybridized carbons (Fsp3) is 0.333. The summed E-state index contributed by atoms with van der Waals surface area (Å²) in [5.74, 6) is 0.638. The quantitative estimate of drug-likeness (QED) is 0.485. The van der Waals surface area contributed by atoms with E-state index in [0.29, 0.717) is 5.92 Å². The lowest BCUT2D eigenvalue weighted by atomic mass is 9.71. The molecular weight excluding hydrogens is 379 g/mol. The first kappa shape index (κ1) is 14.5. The third kappa shape index (κ3) is 2.17. The Labute approximate surface area is 146 Å². The van der Waals surface area contributed by atoms with Gasteiger partial charge in [0.25, 0.3) is 0 Å². The molecule has 0 heterocycles. The number of fused-ring (bicyclic) bond motifs is 2. The van der Waals surface area contributed by atoms with E-state index >= 15 is 0 Å². The summed E-state index contributed by atoms with van der Waals surface area (Å²) in [4.78, 5) is 0. The van der Waals surface area contributed by atoms with Crippen LogP contribution < -0.4 is 0 Å². The molecule has 0 aromatic heterocycles. The average molecular weight is 400 g/mol. The van der Waals surface area contributed by atoms with Gasteiger partial charge in [0.05, 0.1) is 0 Å². The van der Waals surface area contributed by atoms with E-state index in [9.17, 15) is 0 Å². The third-order valence-corrected chi connectivity index (χ3v) is 6.28. The second-order valence-electron chi connectivity index (χ2n) is 7.13. The predicted molar refractivity (Wildman–Crippen MR) is 103 cm³/mol. The Kier molecular flexibility index (Phi) is 3.44. The topological polar surface area (TPSA) is 0 Å².